The molecule has 6 nitrogen and oxygen atoms in total. The van der Waals surface area contributed by atoms with E-state index in [2.05, 4.69) is 35.8 Å². The first kappa shape index (κ1) is 17.5. The van der Waals surface area contributed by atoms with Gasteiger partial charge in [0.25, 0.3) is 0 Å². The van der Waals surface area contributed by atoms with Gasteiger partial charge in [-0.05, 0) is 37.2 Å². The molecule has 2 aliphatic heterocycles. The van der Waals surface area contributed by atoms with E-state index in [4.69, 9.17) is 4.74 Å². The highest BCUT2D eigenvalue weighted by Gasteiger charge is 2.52. The minimum Gasteiger partial charge on any atom is -0.410 e. The molecule has 0 radical (unpaired) electrons. The Morgan fingerprint density at radius 1 is 1.32 bits per heavy atom. The predicted molar refractivity (Wildman–Crippen MR) is 98.2 cm³/mol. The van der Waals surface area contributed by atoms with E-state index in [1.807, 2.05) is 32.0 Å². The molecule has 0 N–H and O–H groups in total. The number of likely N-dealkylation sites (N-methyl/N-ethyl adjacent to an activating group) is 2. The van der Waals surface area contributed by atoms with Crippen molar-refractivity contribution < 1.29 is 9.53 Å². The molecule has 1 aromatic carbocycles. The van der Waals surface area contributed by atoms with E-state index >= 15 is 0 Å². The van der Waals surface area contributed by atoms with Crippen molar-refractivity contribution in [3.05, 3.63) is 42.5 Å². The number of imidazole rings is 1. The first-order chi connectivity index (χ1) is 12.0. The van der Waals surface area contributed by atoms with E-state index < -0.39 is 6.09 Å². The Kier molecular flexibility index (Phi) is 4.56. The molecule has 2 aromatic rings. The molecule has 0 saturated carbocycles. The number of fused-ring (bicyclic) bond motifs is 3. The van der Waals surface area contributed by atoms with Crippen molar-refractivity contribution in [1.29, 1.82) is 0 Å². The number of rotatable bonds is 1. The SMILES string of the molecule is CC.CN1CC[C@]2(C)c3cc(OC(=O)n4ccnc4)ccc3N(C)[C@H]12. The topological polar surface area (TPSA) is 50.6 Å². The van der Waals surface area contributed by atoms with Crippen LogP contribution >= 0.6 is 0 Å². The number of nitrogens with zero attached hydrogens (tertiary/aromatic N) is 4. The molecule has 0 unspecified atom stereocenters. The number of ether oxygens (including phenoxy) is 1. The van der Waals surface area contributed by atoms with Crippen LogP contribution in [0.1, 0.15) is 32.8 Å². The Hall–Kier alpha value is -2.34. The number of aromatic nitrogens is 2. The van der Waals surface area contributed by atoms with Gasteiger partial charge in [0.1, 0.15) is 12.1 Å². The second kappa shape index (κ2) is 6.52. The molecule has 1 aromatic heterocycles. The van der Waals surface area contributed by atoms with Gasteiger partial charge in [0, 0.05) is 37.1 Å². The summed E-state index contributed by atoms with van der Waals surface area (Å²) >= 11 is 0. The van der Waals surface area contributed by atoms with Gasteiger partial charge < -0.3 is 9.64 Å². The average Bonchev–Trinajstić information content (AvgIpc) is 3.29. The minimum absolute atomic E-state index is 0.0657. The average molecular weight is 342 g/mol. The quantitative estimate of drug-likeness (QED) is 0.796. The van der Waals surface area contributed by atoms with Crippen molar-refractivity contribution >= 4 is 11.8 Å². The fraction of sp³-hybridized carbons (Fsp3) is 0.474. The van der Waals surface area contributed by atoms with E-state index in [1.165, 1.54) is 22.1 Å². The third-order valence-corrected chi connectivity index (χ3v) is 5.22. The summed E-state index contributed by atoms with van der Waals surface area (Å²) in [5.74, 6) is 0.576. The lowest BCUT2D eigenvalue weighted by molar-refractivity contribution is 0.202. The van der Waals surface area contributed by atoms with Crippen molar-refractivity contribution in [2.75, 3.05) is 25.5 Å². The molecule has 2 aliphatic rings. The fourth-order valence-corrected chi connectivity index (χ4v) is 4.14. The zero-order valence-corrected chi connectivity index (χ0v) is 15.6. The first-order valence-electron chi connectivity index (χ1n) is 8.78. The second-order valence-corrected chi connectivity index (χ2v) is 6.65. The summed E-state index contributed by atoms with van der Waals surface area (Å²) in [5, 5.41) is 0. The van der Waals surface area contributed by atoms with Crippen LogP contribution in [-0.2, 0) is 5.41 Å². The molecular formula is C19H26N4O2. The van der Waals surface area contributed by atoms with Crippen LogP contribution in [0.15, 0.2) is 36.9 Å². The number of hydrogen-bond acceptors (Lipinski definition) is 5. The van der Waals surface area contributed by atoms with Crippen LogP contribution in [0.5, 0.6) is 5.75 Å². The summed E-state index contributed by atoms with van der Waals surface area (Å²) in [7, 11) is 4.30. The van der Waals surface area contributed by atoms with E-state index in [-0.39, 0.29) is 5.41 Å². The van der Waals surface area contributed by atoms with Crippen molar-refractivity contribution in [2.45, 2.75) is 38.8 Å². The van der Waals surface area contributed by atoms with Gasteiger partial charge in [0.2, 0.25) is 0 Å². The van der Waals surface area contributed by atoms with Crippen molar-refractivity contribution in [3.63, 3.8) is 0 Å². The van der Waals surface area contributed by atoms with Gasteiger partial charge in [-0.1, -0.05) is 20.8 Å². The number of hydrogen-bond donors (Lipinski definition) is 0. The van der Waals surface area contributed by atoms with Crippen molar-refractivity contribution in [2.24, 2.45) is 0 Å². The van der Waals surface area contributed by atoms with Crippen LogP contribution in [0, 0.1) is 0 Å². The summed E-state index contributed by atoms with van der Waals surface area (Å²) in [4.78, 5) is 20.7. The Morgan fingerprint density at radius 2 is 2.08 bits per heavy atom. The van der Waals surface area contributed by atoms with Gasteiger partial charge in [-0.3, -0.25) is 4.90 Å². The lowest BCUT2D eigenvalue weighted by Crippen LogP contribution is -2.45. The normalized spacial score (nSPS) is 24.4. The maximum Gasteiger partial charge on any atom is 0.424 e. The van der Waals surface area contributed by atoms with Crippen LogP contribution in [0.4, 0.5) is 10.5 Å². The van der Waals surface area contributed by atoms with E-state index in [1.54, 1.807) is 12.4 Å². The van der Waals surface area contributed by atoms with Crippen LogP contribution in [0.3, 0.4) is 0 Å². The lowest BCUT2D eigenvalue weighted by atomic mass is 9.81. The summed E-state index contributed by atoms with van der Waals surface area (Å²) in [6, 6.07) is 5.91. The minimum atomic E-state index is -0.445. The standard InChI is InChI=1S/C17H20N4O2.C2H6/c1-17-6-8-19(2)15(17)20(3)14-5-4-12(10-13(14)17)23-16(22)21-9-7-18-11-21;1-2/h4-5,7,9-11,15H,6,8H2,1-3H3;1-2H3/t15-,17+;/m0./s1. The molecule has 25 heavy (non-hydrogen) atoms. The van der Waals surface area contributed by atoms with Crippen molar-refractivity contribution in [3.8, 4) is 5.75 Å². The summed E-state index contributed by atoms with van der Waals surface area (Å²) < 4.78 is 6.82. The Morgan fingerprint density at radius 3 is 2.76 bits per heavy atom. The zero-order valence-electron chi connectivity index (χ0n) is 15.6. The molecule has 1 fully saturated rings. The molecule has 0 bridgehead atoms. The Balaban J connectivity index is 0.000000880. The zero-order chi connectivity index (χ0) is 18.2. The number of likely N-dealkylation sites (tertiary alicyclic amines) is 1. The summed E-state index contributed by atoms with van der Waals surface area (Å²) in [5.41, 5.74) is 2.53. The van der Waals surface area contributed by atoms with Crippen LogP contribution in [-0.4, -0.2) is 47.4 Å². The molecule has 0 aliphatic carbocycles. The third kappa shape index (κ3) is 2.70. The van der Waals surface area contributed by atoms with Gasteiger partial charge in [-0.2, -0.15) is 0 Å². The Bertz CT molecular complexity index is 759. The van der Waals surface area contributed by atoms with Crippen LogP contribution in [0.2, 0.25) is 0 Å². The van der Waals surface area contributed by atoms with Crippen LogP contribution < -0.4 is 9.64 Å². The molecule has 3 heterocycles. The first-order valence-corrected chi connectivity index (χ1v) is 8.78. The fourth-order valence-electron chi connectivity index (χ4n) is 4.14. The van der Waals surface area contributed by atoms with E-state index in [9.17, 15) is 4.79 Å². The van der Waals surface area contributed by atoms with Gasteiger partial charge in [-0.15, -0.1) is 0 Å². The van der Waals surface area contributed by atoms with Gasteiger partial charge in [0.15, 0.2) is 0 Å². The Labute approximate surface area is 149 Å². The monoisotopic (exact) mass is 342 g/mol. The highest BCUT2D eigenvalue weighted by molar-refractivity contribution is 5.74. The van der Waals surface area contributed by atoms with E-state index in [0.29, 0.717) is 11.9 Å². The van der Waals surface area contributed by atoms with Gasteiger partial charge in [-0.25, -0.2) is 14.3 Å². The predicted octanol–water partition coefficient (Wildman–Crippen LogP) is 3.33. The molecule has 6 heteroatoms. The largest absolute Gasteiger partial charge is 0.424 e. The van der Waals surface area contributed by atoms with Crippen molar-refractivity contribution in [1.82, 2.24) is 14.5 Å². The molecule has 2 atom stereocenters. The molecule has 1 saturated heterocycles. The summed E-state index contributed by atoms with van der Waals surface area (Å²) in [6.07, 6.45) is 5.58. The maximum absolute atomic E-state index is 12.1. The maximum atomic E-state index is 12.1. The number of benzene rings is 1. The molecule has 0 amide bonds. The smallest absolute Gasteiger partial charge is 0.410 e. The number of carbonyl (C=O) groups excluding carboxylic acids is 1. The van der Waals surface area contributed by atoms with E-state index in [0.717, 1.165) is 13.0 Å². The molecule has 4 rings (SSSR count). The summed E-state index contributed by atoms with van der Waals surface area (Å²) in [6.45, 7) is 7.37. The highest BCUT2D eigenvalue weighted by atomic mass is 16.6. The van der Waals surface area contributed by atoms with Crippen LogP contribution in [0.25, 0.3) is 0 Å². The van der Waals surface area contributed by atoms with Gasteiger partial charge >= 0.3 is 6.09 Å². The number of anilines is 1. The second-order valence-electron chi connectivity index (χ2n) is 6.65. The van der Waals surface area contributed by atoms with Gasteiger partial charge in [0.05, 0.1) is 6.17 Å². The molecule has 0 spiro atoms. The number of carbonyl (C=O) groups is 1. The lowest BCUT2D eigenvalue weighted by Gasteiger charge is -2.32. The molecule has 134 valence electrons. The third-order valence-electron chi connectivity index (χ3n) is 5.22. The highest BCUT2D eigenvalue weighted by Crippen LogP contribution is 2.51. The molecular weight excluding hydrogens is 316 g/mol.